The standard InChI is InChI=1S/C21H21ClN6O/c1-13-8-16(22)20(23-11-13)26-17-9-14-10-19(17)27(12-14)21(29)15-4-2-3-5-18(15)28-24-6-7-25-28/h2-8,11,14,17,19H,9-10,12H2,1H3,(H,23,26). The lowest BCUT2D eigenvalue weighted by molar-refractivity contribution is 0.0691. The number of likely N-dealkylation sites (tertiary alicyclic amines) is 1. The number of piperidine rings is 1. The van der Waals surface area contributed by atoms with Gasteiger partial charge in [-0.05, 0) is 49.4 Å². The second kappa shape index (κ2) is 7.15. The second-order valence-electron chi connectivity index (χ2n) is 7.79. The molecule has 29 heavy (non-hydrogen) atoms. The van der Waals surface area contributed by atoms with Crippen LogP contribution >= 0.6 is 11.6 Å². The van der Waals surface area contributed by atoms with Crippen molar-refractivity contribution in [3.05, 3.63) is 65.1 Å². The Morgan fingerprint density at radius 2 is 2.00 bits per heavy atom. The molecule has 2 fully saturated rings. The molecule has 5 rings (SSSR count). The monoisotopic (exact) mass is 408 g/mol. The van der Waals surface area contributed by atoms with Gasteiger partial charge in [0.15, 0.2) is 0 Å². The van der Waals surface area contributed by atoms with Crippen LogP contribution in [-0.2, 0) is 0 Å². The Bertz CT molecular complexity index is 1050. The van der Waals surface area contributed by atoms with Crippen molar-refractivity contribution in [2.24, 2.45) is 5.92 Å². The van der Waals surface area contributed by atoms with Gasteiger partial charge >= 0.3 is 0 Å². The van der Waals surface area contributed by atoms with E-state index in [0.29, 0.717) is 28.0 Å². The summed E-state index contributed by atoms with van der Waals surface area (Å²) in [6.45, 7) is 2.74. The van der Waals surface area contributed by atoms with Crippen molar-refractivity contribution in [2.75, 3.05) is 11.9 Å². The number of rotatable bonds is 4. The first-order valence-corrected chi connectivity index (χ1v) is 10.1. The predicted molar refractivity (Wildman–Crippen MR) is 110 cm³/mol. The van der Waals surface area contributed by atoms with E-state index in [-0.39, 0.29) is 18.0 Å². The van der Waals surface area contributed by atoms with Crippen molar-refractivity contribution in [1.29, 1.82) is 0 Å². The zero-order valence-corrected chi connectivity index (χ0v) is 16.8. The number of nitrogens with zero attached hydrogens (tertiary/aromatic N) is 5. The lowest BCUT2D eigenvalue weighted by Gasteiger charge is -2.34. The van der Waals surface area contributed by atoms with Crippen LogP contribution in [0.15, 0.2) is 48.9 Å². The number of fused-ring (bicyclic) bond motifs is 2. The van der Waals surface area contributed by atoms with E-state index in [4.69, 9.17) is 11.6 Å². The fourth-order valence-electron chi connectivity index (χ4n) is 4.55. The maximum atomic E-state index is 13.4. The van der Waals surface area contributed by atoms with Crippen LogP contribution in [0.4, 0.5) is 5.82 Å². The van der Waals surface area contributed by atoms with Crippen LogP contribution < -0.4 is 5.32 Å². The van der Waals surface area contributed by atoms with Gasteiger partial charge in [-0.15, -0.1) is 0 Å². The normalized spacial score (nSPS) is 22.8. The molecular weight excluding hydrogens is 388 g/mol. The van der Waals surface area contributed by atoms with Crippen LogP contribution in [0.3, 0.4) is 0 Å². The zero-order chi connectivity index (χ0) is 20.0. The molecule has 3 atom stereocenters. The summed E-state index contributed by atoms with van der Waals surface area (Å²) in [4.78, 5) is 21.4. The molecule has 0 spiro atoms. The van der Waals surface area contributed by atoms with Gasteiger partial charge < -0.3 is 10.2 Å². The van der Waals surface area contributed by atoms with Gasteiger partial charge in [-0.2, -0.15) is 15.0 Å². The molecule has 2 aromatic heterocycles. The molecule has 2 bridgehead atoms. The summed E-state index contributed by atoms with van der Waals surface area (Å²) in [6.07, 6.45) is 7.03. The van der Waals surface area contributed by atoms with Gasteiger partial charge in [0.1, 0.15) is 5.82 Å². The lowest BCUT2D eigenvalue weighted by atomic mass is 10.0. The summed E-state index contributed by atoms with van der Waals surface area (Å²) in [5.41, 5.74) is 2.33. The average molecular weight is 409 g/mol. The fraction of sp³-hybridized carbons (Fsp3) is 0.333. The van der Waals surface area contributed by atoms with Crippen molar-refractivity contribution in [3.8, 4) is 5.69 Å². The Kier molecular flexibility index (Phi) is 4.47. The number of nitrogens with one attached hydrogen (secondary N) is 1. The number of hydrogen-bond acceptors (Lipinski definition) is 5. The number of carbonyl (C=O) groups is 1. The van der Waals surface area contributed by atoms with Crippen LogP contribution in [0.2, 0.25) is 5.02 Å². The number of anilines is 1. The number of halogens is 1. The van der Waals surface area contributed by atoms with Crippen molar-refractivity contribution in [3.63, 3.8) is 0 Å². The highest BCUT2D eigenvalue weighted by atomic mass is 35.5. The van der Waals surface area contributed by atoms with Crippen LogP contribution in [-0.4, -0.2) is 49.4 Å². The number of aryl methyl sites for hydroxylation is 1. The Labute approximate surface area is 173 Å². The minimum Gasteiger partial charge on any atom is -0.364 e. The molecule has 3 heterocycles. The summed E-state index contributed by atoms with van der Waals surface area (Å²) in [5.74, 6) is 1.18. The van der Waals surface area contributed by atoms with Crippen LogP contribution in [0, 0.1) is 12.8 Å². The Balaban J connectivity index is 1.40. The van der Waals surface area contributed by atoms with Crippen LogP contribution in [0.5, 0.6) is 0 Å². The highest BCUT2D eigenvalue weighted by molar-refractivity contribution is 6.32. The maximum Gasteiger partial charge on any atom is 0.256 e. The fourth-order valence-corrected chi connectivity index (χ4v) is 4.83. The number of carbonyl (C=O) groups excluding carboxylic acids is 1. The number of benzene rings is 1. The Hall–Kier alpha value is -2.93. The molecule has 1 aromatic carbocycles. The number of aromatic nitrogens is 4. The van der Waals surface area contributed by atoms with Crippen LogP contribution in [0.1, 0.15) is 28.8 Å². The third-order valence-corrected chi connectivity index (χ3v) is 6.10. The molecule has 2 aliphatic rings. The summed E-state index contributed by atoms with van der Waals surface area (Å²) < 4.78 is 0. The maximum absolute atomic E-state index is 13.4. The Morgan fingerprint density at radius 3 is 2.76 bits per heavy atom. The molecule has 0 radical (unpaired) electrons. The van der Waals surface area contributed by atoms with E-state index in [0.717, 1.165) is 24.9 Å². The first-order valence-electron chi connectivity index (χ1n) is 9.75. The van der Waals surface area contributed by atoms with Crippen molar-refractivity contribution < 1.29 is 4.79 Å². The van der Waals surface area contributed by atoms with Gasteiger partial charge in [-0.25, -0.2) is 4.98 Å². The topological polar surface area (TPSA) is 75.9 Å². The molecule has 3 unspecified atom stereocenters. The van der Waals surface area contributed by atoms with Crippen molar-refractivity contribution >= 4 is 23.3 Å². The number of para-hydroxylation sites is 1. The summed E-state index contributed by atoms with van der Waals surface area (Å²) in [7, 11) is 0. The third kappa shape index (κ3) is 3.25. The number of hydrogen-bond donors (Lipinski definition) is 1. The van der Waals surface area contributed by atoms with Gasteiger partial charge in [0, 0.05) is 18.8 Å². The Morgan fingerprint density at radius 1 is 1.21 bits per heavy atom. The molecule has 1 N–H and O–H groups in total. The molecule has 3 aromatic rings. The second-order valence-corrected chi connectivity index (χ2v) is 8.20. The summed E-state index contributed by atoms with van der Waals surface area (Å²) >= 11 is 6.36. The molecule has 148 valence electrons. The molecule has 1 aliphatic carbocycles. The summed E-state index contributed by atoms with van der Waals surface area (Å²) in [5, 5.41) is 12.5. The van der Waals surface area contributed by atoms with E-state index < -0.39 is 0 Å². The molecule has 1 saturated heterocycles. The van der Waals surface area contributed by atoms with E-state index in [1.807, 2.05) is 42.2 Å². The van der Waals surface area contributed by atoms with E-state index in [1.165, 1.54) is 4.80 Å². The minimum absolute atomic E-state index is 0.0138. The quantitative estimate of drug-likeness (QED) is 0.716. The van der Waals surface area contributed by atoms with Gasteiger partial charge in [-0.1, -0.05) is 23.7 Å². The van der Waals surface area contributed by atoms with Crippen LogP contribution in [0.25, 0.3) is 5.69 Å². The largest absolute Gasteiger partial charge is 0.364 e. The molecule has 1 aliphatic heterocycles. The molecule has 1 saturated carbocycles. The molecular formula is C21H21ClN6O. The number of amides is 1. The van der Waals surface area contributed by atoms with Gasteiger partial charge in [0.05, 0.1) is 34.7 Å². The van der Waals surface area contributed by atoms with E-state index in [2.05, 4.69) is 20.5 Å². The minimum atomic E-state index is 0.0138. The van der Waals surface area contributed by atoms with E-state index in [1.54, 1.807) is 18.6 Å². The lowest BCUT2D eigenvalue weighted by Crippen LogP contribution is -2.48. The predicted octanol–water partition coefficient (Wildman–Crippen LogP) is 3.34. The zero-order valence-electron chi connectivity index (χ0n) is 16.0. The highest BCUT2D eigenvalue weighted by Gasteiger charge is 2.47. The van der Waals surface area contributed by atoms with Crippen molar-refractivity contribution in [1.82, 2.24) is 24.9 Å². The van der Waals surface area contributed by atoms with E-state index >= 15 is 0 Å². The van der Waals surface area contributed by atoms with E-state index in [9.17, 15) is 4.79 Å². The SMILES string of the molecule is Cc1cnc(NC2CC3CC2N(C(=O)c2ccccc2-n2nccn2)C3)c(Cl)c1. The van der Waals surface area contributed by atoms with Gasteiger partial charge in [0.25, 0.3) is 5.91 Å². The number of pyridine rings is 1. The smallest absolute Gasteiger partial charge is 0.256 e. The first kappa shape index (κ1) is 18.1. The average Bonchev–Trinajstić information content (AvgIpc) is 3.47. The molecule has 7 nitrogen and oxygen atoms in total. The highest BCUT2D eigenvalue weighted by Crippen LogP contribution is 2.40. The first-order chi connectivity index (χ1) is 14.1. The molecule has 8 heteroatoms. The summed E-state index contributed by atoms with van der Waals surface area (Å²) in [6, 6.07) is 9.63. The van der Waals surface area contributed by atoms with Gasteiger partial charge in [-0.3, -0.25) is 4.79 Å². The molecule has 1 amide bonds. The van der Waals surface area contributed by atoms with Gasteiger partial charge in [0.2, 0.25) is 0 Å². The van der Waals surface area contributed by atoms with Crippen molar-refractivity contribution in [2.45, 2.75) is 31.8 Å². The third-order valence-electron chi connectivity index (χ3n) is 5.81.